The Hall–Kier alpha value is -2.58. The van der Waals surface area contributed by atoms with Crippen LogP contribution in [0.2, 0.25) is 0 Å². The summed E-state index contributed by atoms with van der Waals surface area (Å²) in [6.45, 7) is 0.636. The topological polar surface area (TPSA) is 12.5 Å². The zero-order valence-electron chi connectivity index (χ0n) is 12.6. The Labute approximate surface area is 131 Å². The minimum absolute atomic E-state index is 0.636. The Morgan fingerprint density at radius 2 is 1.09 bits per heavy atom. The Morgan fingerprint density at radius 1 is 0.636 bits per heavy atom. The summed E-state index contributed by atoms with van der Waals surface area (Å²) in [5.41, 5.74) is 4.60. The van der Waals surface area contributed by atoms with Crippen molar-refractivity contribution < 1.29 is 4.74 Å². The van der Waals surface area contributed by atoms with E-state index in [9.17, 15) is 0 Å². The van der Waals surface area contributed by atoms with E-state index in [1.165, 1.54) is 5.56 Å². The van der Waals surface area contributed by atoms with Crippen LogP contribution in [0.4, 0.5) is 17.1 Å². The van der Waals surface area contributed by atoms with Gasteiger partial charge in [0.05, 0.1) is 6.61 Å². The van der Waals surface area contributed by atoms with E-state index in [0.29, 0.717) is 6.61 Å². The minimum atomic E-state index is 0.636. The van der Waals surface area contributed by atoms with Gasteiger partial charge in [0.2, 0.25) is 0 Å². The number of ether oxygens (including phenoxy) is 1. The van der Waals surface area contributed by atoms with Gasteiger partial charge in [0.1, 0.15) is 0 Å². The zero-order chi connectivity index (χ0) is 15.2. The van der Waals surface area contributed by atoms with Crippen LogP contribution in [0.25, 0.3) is 0 Å². The van der Waals surface area contributed by atoms with E-state index >= 15 is 0 Å². The molecule has 0 aliphatic carbocycles. The van der Waals surface area contributed by atoms with Crippen LogP contribution in [0, 0.1) is 0 Å². The third-order valence-electron chi connectivity index (χ3n) is 3.53. The van der Waals surface area contributed by atoms with Crippen LogP contribution in [0.5, 0.6) is 0 Å². The van der Waals surface area contributed by atoms with Gasteiger partial charge in [0.15, 0.2) is 0 Å². The van der Waals surface area contributed by atoms with E-state index in [1.807, 2.05) is 12.1 Å². The van der Waals surface area contributed by atoms with Gasteiger partial charge in [-0.1, -0.05) is 48.5 Å². The van der Waals surface area contributed by atoms with Crippen LogP contribution in [-0.4, -0.2) is 7.11 Å². The number of para-hydroxylation sites is 2. The van der Waals surface area contributed by atoms with Gasteiger partial charge < -0.3 is 9.64 Å². The van der Waals surface area contributed by atoms with Crippen molar-refractivity contribution in [2.45, 2.75) is 6.61 Å². The molecule has 0 aliphatic rings. The molecule has 2 nitrogen and oxygen atoms in total. The fourth-order valence-electron chi connectivity index (χ4n) is 2.51. The van der Waals surface area contributed by atoms with Crippen molar-refractivity contribution >= 4 is 17.1 Å². The van der Waals surface area contributed by atoms with Gasteiger partial charge >= 0.3 is 0 Å². The van der Waals surface area contributed by atoms with Gasteiger partial charge in [0.25, 0.3) is 0 Å². The minimum Gasteiger partial charge on any atom is -0.380 e. The first-order chi connectivity index (χ1) is 10.9. The summed E-state index contributed by atoms with van der Waals surface area (Å²) >= 11 is 0. The molecule has 3 rings (SSSR count). The van der Waals surface area contributed by atoms with Crippen LogP contribution in [0.3, 0.4) is 0 Å². The van der Waals surface area contributed by atoms with Gasteiger partial charge in [-0.3, -0.25) is 0 Å². The van der Waals surface area contributed by atoms with Crippen molar-refractivity contribution in [3.05, 3.63) is 90.5 Å². The van der Waals surface area contributed by atoms with Crippen molar-refractivity contribution in [1.29, 1.82) is 0 Å². The Bertz CT molecular complexity index is 653. The lowest BCUT2D eigenvalue weighted by atomic mass is 10.1. The number of nitrogens with zero attached hydrogens (tertiary/aromatic N) is 1. The smallest absolute Gasteiger partial charge is 0.0713 e. The highest BCUT2D eigenvalue weighted by atomic mass is 16.5. The highest BCUT2D eigenvalue weighted by Crippen LogP contribution is 2.33. The maximum absolute atomic E-state index is 5.18. The van der Waals surface area contributed by atoms with Crippen LogP contribution in [-0.2, 0) is 11.3 Å². The van der Waals surface area contributed by atoms with Gasteiger partial charge in [-0.25, -0.2) is 0 Å². The first kappa shape index (κ1) is 14.4. The second-order valence-corrected chi connectivity index (χ2v) is 5.11. The summed E-state index contributed by atoms with van der Waals surface area (Å²) in [6.07, 6.45) is 0. The number of hydrogen-bond donors (Lipinski definition) is 0. The second kappa shape index (κ2) is 6.92. The van der Waals surface area contributed by atoms with E-state index in [1.54, 1.807) is 7.11 Å². The molecule has 22 heavy (non-hydrogen) atoms. The second-order valence-electron chi connectivity index (χ2n) is 5.11. The number of methoxy groups -OCH3 is 1. The maximum Gasteiger partial charge on any atom is 0.0713 e. The average Bonchev–Trinajstić information content (AvgIpc) is 2.59. The molecule has 0 radical (unpaired) electrons. The predicted molar refractivity (Wildman–Crippen MR) is 91.8 cm³/mol. The lowest BCUT2D eigenvalue weighted by molar-refractivity contribution is 0.185. The quantitative estimate of drug-likeness (QED) is 0.631. The number of rotatable bonds is 5. The average molecular weight is 289 g/mol. The van der Waals surface area contributed by atoms with Crippen molar-refractivity contribution in [2.24, 2.45) is 0 Å². The van der Waals surface area contributed by atoms with E-state index in [-0.39, 0.29) is 0 Å². The zero-order valence-corrected chi connectivity index (χ0v) is 12.6. The monoisotopic (exact) mass is 289 g/mol. The maximum atomic E-state index is 5.18. The lowest BCUT2D eigenvalue weighted by Crippen LogP contribution is -2.09. The van der Waals surface area contributed by atoms with Gasteiger partial charge in [-0.2, -0.15) is 0 Å². The fraction of sp³-hybridized carbons (Fsp3) is 0.100. The molecule has 0 aliphatic heterocycles. The molecule has 0 bridgehead atoms. The molecule has 3 aromatic rings. The predicted octanol–water partition coefficient (Wildman–Crippen LogP) is 5.30. The molecule has 3 aromatic carbocycles. The van der Waals surface area contributed by atoms with Crippen LogP contribution < -0.4 is 4.90 Å². The fourth-order valence-corrected chi connectivity index (χ4v) is 2.51. The summed E-state index contributed by atoms with van der Waals surface area (Å²) < 4.78 is 5.18. The lowest BCUT2D eigenvalue weighted by Gasteiger charge is -2.25. The molecule has 0 spiro atoms. The van der Waals surface area contributed by atoms with Crippen molar-refractivity contribution in [1.82, 2.24) is 0 Å². The summed E-state index contributed by atoms with van der Waals surface area (Å²) in [4.78, 5) is 2.25. The summed E-state index contributed by atoms with van der Waals surface area (Å²) in [5, 5.41) is 0. The molecule has 0 atom stereocenters. The van der Waals surface area contributed by atoms with Crippen molar-refractivity contribution in [3.63, 3.8) is 0 Å². The molecular formula is C20H19NO. The molecule has 0 saturated carbocycles. The van der Waals surface area contributed by atoms with Gasteiger partial charge in [0, 0.05) is 24.2 Å². The van der Waals surface area contributed by atoms with Gasteiger partial charge in [-0.05, 0) is 42.0 Å². The standard InChI is InChI=1S/C20H19NO/c1-22-16-17-12-14-20(15-13-17)21(18-8-4-2-5-9-18)19-10-6-3-7-11-19/h2-15H,16H2,1H3. The van der Waals surface area contributed by atoms with Crippen LogP contribution in [0.1, 0.15) is 5.56 Å². The highest BCUT2D eigenvalue weighted by Gasteiger charge is 2.11. The van der Waals surface area contributed by atoms with E-state index in [2.05, 4.69) is 77.7 Å². The third kappa shape index (κ3) is 3.18. The first-order valence-electron chi connectivity index (χ1n) is 7.36. The molecule has 0 unspecified atom stereocenters. The SMILES string of the molecule is COCc1ccc(N(c2ccccc2)c2ccccc2)cc1. The number of anilines is 3. The largest absolute Gasteiger partial charge is 0.380 e. The molecule has 0 aromatic heterocycles. The Kier molecular flexibility index (Phi) is 4.52. The summed E-state index contributed by atoms with van der Waals surface area (Å²) in [5.74, 6) is 0. The number of benzene rings is 3. The Morgan fingerprint density at radius 3 is 1.55 bits per heavy atom. The molecule has 0 amide bonds. The molecule has 0 N–H and O–H groups in total. The molecule has 2 heteroatoms. The van der Waals surface area contributed by atoms with Crippen molar-refractivity contribution in [2.75, 3.05) is 12.0 Å². The molecule has 0 heterocycles. The summed E-state index contributed by atoms with van der Waals surface area (Å²) in [7, 11) is 1.72. The number of hydrogen-bond acceptors (Lipinski definition) is 2. The van der Waals surface area contributed by atoms with E-state index in [4.69, 9.17) is 4.74 Å². The normalized spacial score (nSPS) is 10.4. The van der Waals surface area contributed by atoms with E-state index in [0.717, 1.165) is 17.1 Å². The molecule has 110 valence electrons. The van der Waals surface area contributed by atoms with Gasteiger partial charge in [-0.15, -0.1) is 0 Å². The Balaban J connectivity index is 2.02. The third-order valence-corrected chi connectivity index (χ3v) is 3.53. The highest BCUT2D eigenvalue weighted by molar-refractivity contribution is 5.76. The van der Waals surface area contributed by atoms with E-state index < -0.39 is 0 Å². The molecule has 0 saturated heterocycles. The van der Waals surface area contributed by atoms with Crippen LogP contribution >= 0.6 is 0 Å². The molecular weight excluding hydrogens is 270 g/mol. The van der Waals surface area contributed by atoms with Crippen molar-refractivity contribution in [3.8, 4) is 0 Å². The first-order valence-corrected chi connectivity index (χ1v) is 7.36. The summed E-state index contributed by atoms with van der Waals surface area (Å²) in [6, 6.07) is 29.3. The molecule has 0 fully saturated rings. The van der Waals surface area contributed by atoms with Crippen LogP contribution in [0.15, 0.2) is 84.9 Å².